The van der Waals surface area contributed by atoms with E-state index in [9.17, 15) is 5.11 Å². The molecule has 1 aliphatic rings. The van der Waals surface area contributed by atoms with Gasteiger partial charge in [-0.3, -0.25) is 5.10 Å². The Bertz CT molecular complexity index is 253. The molecule has 4 nitrogen and oxygen atoms in total. The van der Waals surface area contributed by atoms with Gasteiger partial charge >= 0.3 is 0 Å². The van der Waals surface area contributed by atoms with Crippen LogP contribution in [0.15, 0.2) is 0 Å². The van der Waals surface area contributed by atoms with Crippen LogP contribution in [0.1, 0.15) is 43.7 Å². The minimum Gasteiger partial charge on any atom is -0.491 e. The van der Waals surface area contributed by atoms with E-state index in [1.54, 1.807) is 0 Å². The first kappa shape index (κ1) is 7.58. The second-order valence-corrected chi connectivity index (χ2v) is 3.38. The van der Waals surface area contributed by atoms with Gasteiger partial charge in [0.25, 0.3) is 5.88 Å². The number of nitrogens with zero attached hydrogens (tertiary/aromatic N) is 2. The molecule has 2 N–H and O–H groups in total. The number of aromatic amines is 1. The molecule has 1 aromatic heterocycles. The largest absolute Gasteiger partial charge is 0.491 e. The molecule has 0 aliphatic heterocycles. The molecule has 1 aromatic rings. The smallest absolute Gasteiger partial charge is 0.254 e. The number of hydrogen-bond donors (Lipinski definition) is 2. The van der Waals surface area contributed by atoms with E-state index in [4.69, 9.17) is 0 Å². The van der Waals surface area contributed by atoms with E-state index < -0.39 is 0 Å². The van der Waals surface area contributed by atoms with Crippen molar-refractivity contribution in [3.8, 4) is 5.88 Å². The maximum absolute atomic E-state index is 9.30. The summed E-state index contributed by atoms with van der Waals surface area (Å²) in [4.78, 5) is 0. The molecule has 0 unspecified atom stereocenters. The fraction of sp³-hybridized carbons (Fsp3) is 0.750. The summed E-state index contributed by atoms with van der Waals surface area (Å²) in [5, 5.41) is 19.2. The van der Waals surface area contributed by atoms with E-state index in [0.717, 1.165) is 18.5 Å². The normalized spacial score (nSPS) is 19.7. The Morgan fingerprint density at radius 3 is 2.58 bits per heavy atom. The zero-order valence-electron chi connectivity index (χ0n) is 6.95. The van der Waals surface area contributed by atoms with Gasteiger partial charge in [0.2, 0.25) is 0 Å². The molecule has 1 saturated carbocycles. The Balaban J connectivity index is 2.13. The molecule has 0 atom stereocenters. The summed E-state index contributed by atoms with van der Waals surface area (Å²) in [6.07, 6.45) is 6.12. The van der Waals surface area contributed by atoms with Crippen molar-refractivity contribution in [2.75, 3.05) is 0 Å². The summed E-state index contributed by atoms with van der Waals surface area (Å²) in [7, 11) is 0. The van der Waals surface area contributed by atoms with Gasteiger partial charge in [-0.2, -0.15) is 0 Å². The lowest BCUT2D eigenvalue weighted by Crippen LogP contribution is -2.04. The van der Waals surface area contributed by atoms with Crippen molar-refractivity contribution in [2.45, 2.75) is 38.0 Å². The summed E-state index contributed by atoms with van der Waals surface area (Å²) in [6, 6.07) is 0. The van der Waals surface area contributed by atoms with E-state index in [2.05, 4.69) is 15.4 Å². The maximum Gasteiger partial charge on any atom is 0.254 e. The third-order valence-electron chi connectivity index (χ3n) is 2.57. The van der Waals surface area contributed by atoms with Crippen molar-refractivity contribution in [1.29, 1.82) is 0 Å². The Kier molecular flexibility index (Phi) is 1.98. The first-order valence-electron chi connectivity index (χ1n) is 4.48. The first-order valence-corrected chi connectivity index (χ1v) is 4.48. The van der Waals surface area contributed by atoms with Crippen molar-refractivity contribution in [1.82, 2.24) is 15.4 Å². The van der Waals surface area contributed by atoms with Crippen LogP contribution in [0.2, 0.25) is 0 Å². The molecule has 1 aliphatic carbocycles. The highest BCUT2D eigenvalue weighted by Crippen LogP contribution is 2.34. The van der Waals surface area contributed by atoms with Gasteiger partial charge < -0.3 is 5.11 Å². The Morgan fingerprint density at radius 1 is 1.25 bits per heavy atom. The highest BCUT2D eigenvalue weighted by atomic mass is 16.3. The van der Waals surface area contributed by atoms with Crippen LogP contribution in [0.5, 0.6) is 5.88 Å². The van der Waals surface area contributed by atoms with Gasteiger partial charge in [0, 0.05) is 5.92 Å². The second-order valence-electron chi connectivity index (χ2n) is 3.38. The van der Waals surface area contributed by atoms with Crippen LogP contribution in [0.25, 0.3) is 0 Å². The zero-order valence-corrected chi connectivity index (χ0v) is 6.95. The van der Waals surface area contributed by atoms with Gasteiger partial charge in [-0.15, -0.1) is 0 Å². The molecule has 1 heterocycles. The highest BCUT2D eigenvalue weighted by molar-refractivity contribution is 5.18. The van der Waals surface area contributed by atoms with Crippen molar-refractivity contribution in [2.24, 2.45) is 0 Å². The summed E-state index contributed by atoms with van der Waals surface area (Å²) < 4.78 is 0. The monoisotopic (exact) mass is 167 g/mol. The molecule has 0 saturated heterocycles. The molecule has 1 fully saturated rings. The summed E-state index contributed by atoms with van der Waals surface area (Å²) in [6.45, 7) is 0. The topological polar surface area (TPSA) is 61.8 Å². The van der Waals surface area contributed by atoms with Crippen LogP contribution in [-0.4, -0.2) is 20.5 Å². The van der Waals surface area contributed by atoms with Gasteiger partial charge in [-0.05, 0) is 12.8 Å². The van der Waals surface area contributed by atoms with E-state index in [1.807, 2.05) is 0 Å². The van der Waals surface area contributed by atoms with Crippen LogP contribution in [0.4, 0.5) is 0 Å². The van der Waals surface area contributed by atoms with Crippen molar-refractivity contribution in [3.63, 3.8) is 0 Å². The van der Waals surface area contributed by atoms with E-state index >= 15 is 0 Å². The maximum atomic E-state index is 9.30. The van der Waals surface area contributed by atoms with Crippen LogP contribution < -0.4 is 0 Å². The standard InChI is InChI=1S/C8H13N3O/c12-8-7(9-11-10-8)6-4-2-1-3-5-6/h6H,1-5H2,(H2,9,10,11,12). The number of H-pyrrole nitrogens is 1. The lowest BCUT2D eigenvalue weighted by atomic mass is 9.87. The molecule has 0 aromatic carbocycles. The molecule has 66 valence electrons. The molecular formula is C8H13N3O. The average Bonchev–Trinajstić information content (AvgIpc) is 2.53. The van der Waals surface area contributed by atoms with E-state index in [-0.39, 0.29) is 5.88 Å². The Hall–Kier alpha value is -1.06. The number of hydrogen-bond acceptors (Lipinski definition) is 3. The SMILES string of the molecule is Oc1nn[nH]c1C1CCCCC1. The average molecular weight is 167 g/mol. The minimum atomic E-state index is 0.0851. The van der Waals surface area contributed by atoms with Crippen LogP contribution in [-0.2, 0) is 0 Å². The Labute approximate surface area is 71.0 Å². The first-order chi connectivity index (χ1) is 5.88. The molecule has 4 heteroatoms. The van der Waals surface area contributed by atoms with Gasteiger partial charge in [-0.1, -0.05) is 29.6 Å². The van der Waals surface area contributed by atoms with Gasteiger partial charge in [-0.25, -0.2) is 0 Å². The third kappa shape index (κ3) is 1.29. The number of aromatic hydroxyl groups is 1. The summed E-state index contributed by atoms with van der Waals surface area (Å²) in [5.74, 6) is 0.538. The summed E-state index contributed by atoms with van der Waals surface area (Å²) >= 11 is 0. The fourth-order valence-electron chi connectivity index (χ4n) is 1.90. The Morgan fingerprint density at radius 2 is 2.00 bits per heavy atom. The quantitative estimate of drug-likeness (QED) is 0.667. The molecule has 2 rings (SSSR count). The molecule has 0 amide bonds. The predicted molar refractivity (Wildman–Crippen MR) is 43.9 cm³/mol. The molecular weight excluding hydrogens is 154 g/mol. The second kappa shape index (κ2) is 3.13. The molecule has 0 spiro atoms. The van der Waals surface area contributed by atoms with Crippen molar-refractivity contribution >= 4 is 0 Å². The van der Waals surface area contributed by atoms with Gasteiger partial charge in [0.05, 0.1) is 0 Å². The fourth-order valence-corrected chi connectivity index (χ4v) is 1.90. The third-order valence-corrected chi connectivity index (χ3v) is 2.57. The van der Waals surface area contributed by atoms with E-state index in [0.29, 0.717) is 5.92 Å². The number of nitrogens with one attached hydrogen (secondary N) is 1. The highest BCUT2D eigenvalue weighted by Gasteiger charge is 2.20. The predicted octanol–water partition coefficient (Wildman–Crippen LogP) is 1.56. The van der Waals surface area contributed by atoms with Crippen LogP contribution in [0, 0.1) is 0 Å². The lowest BCUT2D eigenvalue weighted by molar-refractivity contribution is 0.403. The number of aromatic nitrogens is 3. The summed E-state index contributed by atoms with van der Waals surface area (Å²) in [5.41, 5.74) is 0.828. The van der Waals surface area contributed by atoms with Crippen molar-refractivity contribution in [3.05, 3.63) is 5.69 Å². The molecule has 0 bridgehead atoms. The van der Waals surface area contributed by atoms with Gasteiger partial charge in [0.15, 0.2) is 0 Å². The molecule has 12 heavy (non-hydrogen) atoms. The lowest BCUT2D eigenvalue weighted by Gasteiger charge is -2.19. The number of rotatable bonds is 1. The van der Waals surface area contributed by atoms with Gasteiger partial charge in [0.1, 0.15) is 5.69 Å². The minimum absolute atomic E-state index is 0.0851. The van der Waals surface area contributed by atoms with Crippen molar-refractivity contribution < 1.29 is 5.11 Å². The zero-order chi connectivity index (χ0) is 8.39. The van der Waals surface area contributed by atoms with E-state index in [1.165, 1.54) is 19.3 Å². The molecule has 0 radical (unpaired) electrons. The van der Waals surface area contributed by atoms with Crippen LogP contribution in [0.3, 0.4) is 0 Å². The van der Waals surface area contributed by atoms with Crippen LogP contribution >= 0.6 is 0 Å².